The van der Waals surface area contributed by atoms with Crippen LogP contribution in [0, 0.1) is 39.9 Å². The second-order valence-corrected chi connectivity index (χ2v) is 37.8. The summed E-state index contributed by atoms with van der Waals surface area (Å²) in [5.41, 5.74) is 10.6. The normalized spacial score (nSPS) is 27.6. The molecule has 18 rings (SSSR count). The van der Waals surface area contributed by atoms with Gasteiger partial charge < -0.3 is 39.0 Å². The van der Waals surface area contributed by atoms with E-state index < -0.39 is 0 Å². The van der Waals surface area contributed by atoms with Crippen molar-refractivity contribution in [2.45, 2.75) is 249 Å². The fraction of sp³-hybridized carbons (Fsp3) is 0.775. The van der Waals surface area contributed by atoms with Crippen molar-refractivity contribution in [3.05, 3.63) is 107 Å². The van der Waals surface area contributed by atoms with Crippen molar-refractivity contribution in [3.63, 3.8) is 0 Å². The van der Waals surface area contributed by atoms with Crippen molar-refractivity contribution in [2.75, 3.05) is 159 Å². The Bertz CT molecular complexity index is 3070. The third-order valence-corrected chi connectivity index (χ3v) is 26.5. The Balaban J connectivity index is 0.000000125. The summed E-state index contributed by atoms with van der Waals surface area (Å²) in [5, 5.41) is 1.31. The number of nitrogens with zero attached hydrogens (tertiary/aromatic N) is 11. The van der Waals surface area contributed by atoms with Crippen molar-refractivity contribution in [1.82, 2.24) is 58.9 Å². The number of fused-ring (bicyclic) bond motifs is 7. The zero-order valence-corrected chi connectivity index (χ0v) is 69.6. The molecule has 1 saturated carbocycles. The molecule has 1 N–H and O–H groups in total. The van der Waals surface area contributed by atoms with Gasteiger partial charge >= 0.3 is 0 Å². The van der Waals surface area contributed by atoms with Crippen LogP contribution in [0.2, 0.25) is 0 Å². The number of rotatable bonds is 9. The minimum atomic E-state index is 0.601. The van der Waals surface area contributed by atoms with Gasteiger partial charge in [0.1, 0.15) is 0 Å². The maximum atomic E-state index is 5.29. The van der Waals surface area contributed by atoms with Crippen molar-refractivity contribution >= 4 is 10.9 Å². The van der Waals surface area contributed by atoms with Crippen molar-refractivity contribution in [3.8, 4) is 0 Å². The van der Waals surface area contributed by atoms with Gasteiger partial charge in [0.2, 0.25) is 0 Å². The Morgan fingerprint density at radius 2 is 0.796 bits per heavy atom. The summed E-state index contributed by atoms with van der Waals surface area (Å²) in [4.78, 5) is 31.2. The Morgan fingerprint density at radius 1 is 0.379 bits per heavy atom. The SMILES string of the molecule is CC(C)N1CC2(CN(C)C2)C1.CC(C)N1CC2(COC2)C1.CC(C)N1CC2CC2C1.CC(C)N1CC2CCC(C1)N2C.CC(C)N1CCC2(CC1)COC2.CC(C)N1CCc2ccccc2C1.CC(C)N1C[C@H]2CN(C)C[C@H]2C1.CC(C)N1Cc2ccccc2C1.CC(C)c1ccc2[nH]ccc2c1. The molecule has 12 fully saturated rings. The summed E-state index contributed by atoms with van der Waals surface area (Å²) in [5.74, 6) is 4.76. The van der Waals surface area contributed by atoms with Crippen LogP contribution in [0.1, 0.15) is 190 Å². The molecule has 103 heavy (non-hydrogen) atoms. The van der Waals surface area contributed by atoms with Crippen LogP contribution in [0.3, 0.4) is 0 Å². The van der Waals surface area contributed by atoms with Gasteiger partial charge in [-0.3, -0.25) is 29.4 Å². The molecule has 6 atom stereocenters. The largest absolute Gasteiger partial charge is 0.380 e. The van der Waals surface area contributed by atoms with E-state index in [-0.39, 0.29) is 0 Å². The van der Waals surface area contributed by atoms with Crippen LogP contribution in [0.25, 0.3) is 10.9 Å². The number of hydrogen-bond donors (Lipinski definition) is 1. The third kappa shape index (κ3) is 22.2. The number of aromatic amines is 1. The number of likely N-dealkylation sites (tertiary alicyclic amines) is 8. The highest BCUT2D eigenvalue weighted by atomic mass is 16.5. The molecule has 4 aromatic rings. The Morgan fingerprint density at radius 3 is 1.21 bits per heavy atom. The predicted molar refractivity (Wildman–Crippen MR) is 435 cm³/mol. The van der Waals surface area contributed by atoms with E-state index >= 15 is 0 Å². The van der Waals surface area contributed by atoms with Crippen molar-refractivity contribution < 1.29 is 9.47 Å². The Hall–Kier alpha value is -3.32. The molecule has 14 aliphatic rings. The van der Waals surface area contributed by atoms with E-state index in [2.05, 4.69) is 277 Å². The molecule has 13 aliphatic heterocycles. The summed E-state index contributed by atoms with van der Waals surface area (Å²) < 4.78 is 10.5. The van der Waals surface area contributed by atoms with E-state index in [0.29, 0.717) is 28.8 Å². The first-order valence-corrected chi connectivity index (χ1v) is 41.9. The highest BCUT2D eigenvalue weighted by Crippen LogP contribution is 2.46. The van der Waals surface area contributed by atoms with E-state index in [1.807, 2.05) is 6.20 Å². The van der Waals surface area contributed by atoms with Gasteiger partial charge in [0.15, 0.2) is 0 Å². The van der Waals surface area contributed by atoms with Crippen molar-refractivity contribution in [1.29, 1.82) is 0 Å². The van der Waals surface area contributed by atoms with E-state index in [9.17, 15) is 0 Å². The number of piperazine rings is 1. The van der Waals surface area contributed by atoms with Crippen molar-refractivity contribution in [2.24, 2.45) is 39.9 Å². The predicted octanol–water partition coefficient (Wildman–Crippen LogP) is 14.4. The zero-order chi connectivity index (χ0) is 74.1. The molecule has 0 radical (unpaired) electrons. The zero-order valence-electron chi connectivity index (χ0n) is 69.6. The van der Waals surface area contributed by atoms with Gasteiger partial charge in [-0.25, -0.2) is 0 Å². The molecule has 14 nitrogen and oxygen atoms in total. The summed E-state index contributed by atoms with van der Waals surface area (Å²) in [6.07, 6.45) is 10.3. The molecular formula is C89H152N12O2. The first-order chi connectivity index (χ1) is 49.0. The monoisotopic (exact) mass is 1420 g/mol. The fourth-order valence-electron chi connectivity index (χ4n) is 18.7. The van der Waals surface area contributed by atoms with Gasteiger partial charge in [-0.1, -0.05) is 68.4 Å². The molecule has 1 aliphatic carbocycles. The molecule has 14 heterocycles. The standard InChI is InChI=1S/C12H17N.C11H13N.C11H15N.2C10H20N2.C10H19NO.C9H18N2.C8H15NO.C8H15N/c1-10(2)13-8-7-11-5-3-4-6-12(11)9-13;1-8(2)9-3-4-11-10(7-9)5-6-12-11;1-9(2)12-7-10-5-3-4-6-11(10)8-12;1-8(2)12-6-9-4-11(3)5-10(9)7-12;1-8(2)12-6-9-4-5-10(7-12)11(9)3;1-9(2)11-5-3-10(4-6-11)7-12-8-10;1-8(2)11-6-9(7-11)4-10(3)5-9;1-7(2)9-3-8(4-9)5-10-6-8;1-6(2)9-4-7-3-8(7)5-9/h3-6,10H,7-9H2,1-2H3;3-8,12H,1-2H3;3-6,9H,7-8H2,1-2H3;2*8-10H,4-7H2,1-3H3;9H,3-8H2,1-2H3;8H,4-7H2,1-3H3;7H,3-6H2,1-2H3;6-8H,3-5H2,1-2H3/t;;;9-,10+;;;;;. The molecule has 4 unspecified atom stereocenters. The molecule has 580 valence electrons. The summed E-state index contributed by atoms with van der Waals surface area (Å²) in [6, 6.07) is 33.7. The lowest BCUT2D eigenvalue weighted by atomic mass is 9.72. The average Bonchev–Trinajstić information content (AvgIpc) is 1.58. The molecule has 14 heteroatoms. The number of likely N-dealkylation sites (N-methyl/N-ethyl adjacent to an activating group) is 1. The first kappa shape index (κ1) is 82.2. The molecule has 11 saturated heterocycles. The van der Waals surface area contributed by atoms with Crippen LogP contribution < -0.4 is 0 Å². The third-order valence-electron chi connectivity index (χ3n) is 26.5. The molecular weight excluding hydrogens is 1270 g/mol. The van der Waals surface area contributed by atoms with Crippen LogP contribution in [0.15, 0.2) is 79.0 Å². The lowest BCUT2D eigenvalue weighted by Crippen LogP contribution is -2.72. The van der Waals surface area contributed by atoms with Crippen LogP contribution >= 0.6 is 0 Å². The van der Waals surface area contributed by atoms with Gasteiger partial charge in [0.05, 0.1) is 26.4 Å². The van der Waals surface area contributed by atoms with Crippen LogP contribution in [0.5, 0.6) is 0 Å². The van der Waals surface area contributed by atoms with E-state index in [1.165, 1.54) is 183 Å². The Kier molecular flexibility index (Phi) is 29.5. The number of piperidine rings is 2. The van der Waals surface area contributed by atoms with Crippen LogP contribution in [-0.4, -0.2) is 278 Å². The highest BCUT2D eigenvalue weighted by molar-refractivity contribution is 5.80. The quantitative estimate of drug-likeness (QED) is 0.173. The lowest BCUT2D eigenvalue weighted by Gasteiger charge is -2.60. The van der Waals surface area contributed by atoms with E-state index in [4.69, 9.17) is 9.47 Å². The number of H-pyrrole nitrogens is 1. The second kappa shape index (κ2) is 36.9. The minimum Gasteiger partial charge on any atom is -0.380 e. The highest BCUT2D eigenvalue weighted by Gasteiger charge is 2.52. The smallest absolute Gasteiger partial charge is 0.0569 e. The molecule has 1 aromatic heterocycles. The van der Waals surface area contributed by atoms with E-state index in [0.717, 1.165) is 123 Å². The summed E-state index contributed by atoms with van der Waals surface area (Å²) in [6.45, 7) is 70.8. The molecule has 0 amide bonds. The molecule has 2 bridgehead atoms. The average molecular weight is 1420 g/mol. The van der Waals surface area contributed by atoms with Gasteiger partial charge in [-0.15, -0.1) is 0 Å². The van der Waals surface area contributed by atoms with Crippen LogP contribution in [-0.2, 0) is 35.5 Å². The number of nitrogens with one attached hydrogen (secondary N) is 1. The summed E-state index contributed by atoms with van der Waals surface area (Å²) in [7, 11) is 6.75. The van der Waals surface area contributed by atoms with Gasteiger partial charge in [-0.2, -0.15) is 0 Å². The number of aromatic nitrogens is 1. The topological polar surface area (TPSA) is 69.9 Å². The van der Waals surface area contributed by atoms with E-state index in [1.54, 1.807) is 5.56 Å². The number of ether oxygens (including phenoxy) is 2. The molecule has 3 aromatic carbocycles. The summed E-state index contributed by atoms with van der Waals surface area (Å²) >= 11 is 0. The maximum Gasteiger partial charge on any atom is 0.0569 e. The van der Waals surface area contributed by atoms with Gasteiger partial charge in [0.25, 0.3) is 0 Å². The second-order valence-electron chi connectivity index (χ2n) is 37.8. The lowest BCUT2D eigenvalue weighted by molar-refractivity contribution is -0.195. The van der Waals surface area contributed by atoms with Gasteiger partial charge in [0, 0.05) is 206 Å². The maximum absolute atomic E-state index is 5.29. The van der Waals surface area contributed by atoms with Gasteiger partial charge in [-0.05, 0) is 265 Å². The minimum absolute atomic E-state index is 0.601. The molecule has 3 spiro atoms. The number of hydrogen-bond acceptors (Lipinski definition) is 13. The Labute approximate surface area is 630 Å². The first-order valence-electron chi connectivity index (χ1n) is 41.9. The number of benzene rings is 3. The van der Waals surface area contributed by atoms with Crippen LogP contribution in [0.4, 0.5) is 0 Å². The fourth-order valence-corrected chi connectivity index (χ4v) is 18.7.